The molecule has 0 saturated heterocycles. The number of ether oxygens (including phenoxy) is 1. The van der Waals surface area contributed by atoms with Crippen LogP contribution in [-0.4, -0.2) is 18.8 Å². The van der Waals surface area contributed by atoms with Crippen LogP contribution < -0.4 is 0 Å². The maximum Gasteiger partial charge on any atom is 0.0796 e. The first-order valence-corrected chi connectivity index (χ1v) is 6.47. The van der Waals surface area contributed by atoms with Crippen molar-refractivity contribution in [2.75, 3.05) is 13.7 Å². The molecule has 2 aromatic carbocycles. The molecule has 1 unspecified atom stereocenters. The highest BCUT2D eigenvalue weighted by molar-refractivity contribution is 5.85. The fraction of sp³-hybridized carbons (Fsp3) is 0.375. The molecule has 0 fully saturated rings. The molecular weight excluding hydrogens is 224 g/mol. The fourth-order valence-electron chi connectivity index (χ4n) is 2.28. The summed E-state index contributed by atoms with van der Waals surface area (Å²) in [4.78, 5) is 0. The Hall–Kier alpha value is -1.38. The minimum atomic E-state index is -0.382. The summed E-state index contributed by atoms with van der Waals surface area (Å²) in [6.07, 6.45) is 2.39. The van der Waals surface area contributed by atoms with Crippen molar-refractivity contribution in [1.29, 1.82) is 0 Å². The lowest BCUT2D eigenvalue weighted by molar-refractivity contribution is 0.152. The van der Waals surface area contributed by atoms with Crippen LogP contribution in [0.4, 0.5) is 0 Å². The SMILES string of the molecule is COCCCCC(O)c1cccc2ccccc12. The normalized spacial score (nSPS) is 12.8. The van der Waals surface area contributed by atoms with Crippen LogP contribution >= 0.6 is 0 Å². The van der Waals surface area contributed by atoms with E-state index in [0.29, 0.717) is 0 Å². The third-order valence-corrected chi connectivity index (χ3v) is 3.26. The standard InChI is InChI=1S/C16H20O2/c1-18-12-5-4-11-16(17)15-10-6-8-13-7-2-3-9-14(13)15/h2-3,6-10,16-17H,4-5,11-12H2,1H3. The van der Waals surface area contributed by atoms with Gasteiger partial charge < -0.3 is 9.84 Å². The van der Waals surface area contributed by atoms with Crippen LogP contribution in [0.2, 0.25) is 0 Å². The summed E-state index contributed by atoms with van der Waals surface area (Å²) in [5, 5.41) is 12.6. The molecule has 2 nitrogen and oxygen atoms in total. The zero-order chi connectivity index (χ0) is 12.8. The average Bonchev–Trinajstić information content (AvgIpc) is 2.43. The van der Waals surface area contributed by atoms with E-state index in [-0.39, 0.29) is 6.10 Å². The van der Waals surface area contributed by atoms with Crippen molar-refractivity contribution in [2.24, 2.45) is 0 Å². The van der Waals surface area contributed by atoms with Crippen molar-refractivity contribution in [3.8, 4) is 0 Å². The molecule has 0 bridgehead atoms. The summed E-state index contributed by atoms with van der Waals surface area (Å²) in [7, 11) is 1.71. The summed E-state index contributed by atoms with van der Waals surface area (Å²) in [5.41, 5.74) is 1.03. The van der Waals surface area contributed by atoms with Gasteiger partial charge in [0.05, 0.1) is 6.10 Å². The predicted molar refractivity (Wildman–Crippen MR) is 74.6 cm³/mol. The molecule has 2 heteroatoms. The highest BCUT2D eigenvalue weighted by atomic mass is 16.5. The number of hydrogen-bond acceptors (Lipinski definition) is 2. The van der Waals surface area contributed by atoms with E-state index in [1.807, 2.05) is 24.3 Å². The lowest BCUT2D eigenvalue weighted by Gasteiger charge is -2.13. The number of methoxy groups -OCH3 is 1. The van der Waals surface area contributed by atoms with Gasteiger partial charge in [-0.1, -0.05) is 42.5 Å². The molecule has 0 saturated carbocycles. The Morgan fingerprint density at radius 2 is 1.83 bits per heavy atom. The Morgan fingerprint density at radius 3 is 2.67 bits per heavy atom. The highest BCUT2D eigenvalue weighted by Gasteiger charge is 2.10. The van der Waals surface area contributed by atoms with Gasteiger partial charge >= 0.3 is 0 Å². The number of unbranched alkanes of at least 4 members (excludes halogenated alkanes) is 1. The van der Waals surface area contributed by atoms with Gasteiger partial charge in [-0.2, -0.15) is 0 Å². The topological polar surface area (TPSA) is 29.5 Å². The van der Waals surface area contributed by atoms with E-state index in [1.54, 1.807) is 7.11 Å². The average molecular weight is 244 g/mol. The summed E-state index contributed by atoms with van der Waals surface area (Å²) in [6.45, 7) is 0.766. The van der Waals surface area contributed by atoms with Crippen LogP contribution in [0.1, 0.15) is 30.9 Å². The van der Waals surface area contributed by atoms with Crippen LogP contribution in [0, 0.1) is 0 Å². The molecule has 2 aromatic rings. The molecule has 0 heterocycles. The molecule has 18 heavy (non-hydrogen) atoms. The molecule has 0 radical (unpaired) electrons. The van der Waals surface area contributed by atoms with Gasteiger partial charge in [0.15, 0.2) is 0 Å². The molecular formula is C16H20O2. The lowest BCUT2D eigenvalue weighted by atomic mass is 9.97. The molecule has 0 spiro atoms. The second-order valence-corrected chi connectivity index (χ2v) is 4.57. The van der Waals surface area contributed by atoms with Crippen molar-refractivity contribution in [1.82, 2.24) is 0 Å². The third kappa shape index (κ3) is 3.09. The maximum atomic E-state index is 10.3. The Balaban J connectivity index is 2.10. The Labute approximate surface area is 108 Å². The summed E-state index contributed by atoms with van der Waals surface area (Å²) < 4.78 is 5.02. The number of aliphatic hydroxyl groups is 1. The Bertz CT molecular complexity index is 488. The fourth-order valence-corrected chi connectivity index (χ4v) is 2.28. The van der Waals surface area contributed by atoms with E-state index in [9.17, 15) is 5.11 Å². The Morgan fingerprint density at radius 1 is 1.06 bits per heavy atom. The summed E-state index contributed by atoms with van der Waals surface area (Å²) in [5.74, 6) is 0. The number of rotatable bonds is 6. The second-order valence-electron chi connectivity index (χ2n) is 4.57. The third-order valence-electron chi connectivity index (χ3n) is 3.26. The van der Waals surface area contributed by atoms with E-state index in [1.165, 1.54) is 5.39 Å². The van der Waals surface area contributed by atoms with Gasteiger partial charge in [0.1, 0.15) is 0 Å². The second kappa shape index (κ2) is 6.53. The number of hydrogen-bond donors (Lipinski definition) is 1. The van der Waals surface area contributed by atoms with Crippen molar-refractivity contribution < 1.29 is 9.84 Å². The van der Waals surface area contributed by atoms with E-state index in [4.69, 9.17) is 4.74 Å². The van der Waals surface area contributed by atoms with Gasteiger partial charge in [-0.3, -0.25) is 0 Å². The molecule has 1 N–H and O–H groups in total. The van der Waals surface area contributed by atoms with Gasteiger partial charge in [0.25, 0.3) is 0 Å². The summed E-state index contributed by atoms with van der Waals surface area (Å²) in [6, 6.07) is 14.3. The van der Waals surface area contributed by atoms with Gasteiger partial charge in [-0.05, 0) is 35.6 Å². The van der Waals surface area contributed by atoms with Gasteiger partial charge in [-0.15, -0.1) is 0 Å². The van der Waals surface area contributed by atoms with Gasteiger partial charge in [0.2, 0.25) is 0 Å². The minimum absolute atomic E-state index is 0.382. The first-order chi connectivity index (χ1) is 8.83. The van der Waals surface area contributed by atoms with E-state index in [2.05, 4.69) is 18.2 Å². The first kappa shape index (κ1) is 13.1. The number of benzene rings is 2. The quantitative estimate of drug-likeness (QED) is 0.785. The Kier molecular flexibility index (Phi) is 4.73. The van der Waals surface area contributed by atoms with E-state index >= 15 is 0 Å². The van der Waals surface area contributed by atoms with Crippen LogP contribution in [0.5, 0.6) is 0 Å². The number of fused-ring (bicyclic) bond motifs is 1. The molecule has 0 aliphatic heterocycles. The first-order valence-electron chi connectivity index (χ1n) is 6.47. The smallest absolute Gasteiger partial charge is 0.0796 e. The molecule has 0 aromatic heterocycles. The van der Waals surface area contributed by atoms with Crippen molar-refractivity contribution in [2.45, 2.75) is 25.4 Å². The maximum absolute atomic E-state index is 10.3. The van der Waals surface area contributed by atoms with Crippen LogP contribution in [-0.2, 0) is 4.74 Å². The zero-order valence-corrected chi connectivity index (χ0v) is 10.8. The van der Waals surface area contributed by atoms with Gasteiger partial charge in [0, 0.05) is 13.7 Å². The van der Waals surface area contributed by atoms with Crippen molar-refractivity contribution in [3.63, 3.8) is 0 Å². The van der Waals surface area contributed by atoms with Crippen molar-refractivity contribution in [3.05, 3.63) is 48.0 Å². The molecule has 96 valence electrons. The van der Waals surface area contributed by atoms with E-state index in [0.717, 1.165) is 36.8 Å². The van der Waals surface area contributed by atoms with Crippen LogP contribution in [0.3, 0.4) is 0 Å². The molecule has 0 aliphatic carbocycles. The minimum Gasteiger partial charge on any atom is -0.388 e. The highest BCUT2D eigenvalue weighted by Crippen LogP contribution is 2.27. The predicted octanol–water partition coefficient (Wildman–Crippen LogP) is 3.69. The molecule has 1 atom stereocenters. The summed E-state index contributed by atoms with van der Waals surface area (Å²) >= 11 is 0. The van der Waals surface area contributed by atoms with Crippen LogP contribution in [0.15, 0.2) is 42.5 Å². The van der Waals surface area contributed by atoms with Crippen molar-refractivity contribution >= 4 is 10.8 Å². The van der Waals surface area contributed by atoms with Crippen LogP contribution in [0.25, 0.3) is 10.8 Å². The van der Waals surface area contributed by atoms with Gasteiger partial charge in [-0.25, -0.2) is 0 Å². The molecule has 0 aliphatic rings. The number of aliphatic hydroxyl groups excluding tert-OH is 1. The lowest BCUT2D eigenvalue weighted by Crippen LogP contribution is -1.99. The largest absolute Gasteiger partial charge is 0.388 e. The molecule has 0 amide bonds. The monoisotopic (exact) mass is 244 g/mol. The zero-order valence-electron chi connectivity index (χ0n) is 10.8. The van der Waals surface area contributed by atoms with E-state index < -0.39 is 0 Å². The molecule has 2 rings (SSSR count).